The summed E-state index contributed by atoms with van der Waals surface area (Å²) in [5, 5.41) is 5.60. The first kappa shape index (κ1) is 16.8. The van der Waals surface area contributed by atoms with E-state index in [-0.39, 0.29) is 0 Å². The van der Waals surface area contributed by atoms with Crippen LogP contribution in [-0.2, 0) is 26.3 Å². The van der Waals surface area contributed by atoms with E-state index in [1.54, 1.807) is 0 Å². The molecule has 0 bridgehead atoms. The summed E-state index contributed by atoms with van der Waals surface area (Å²) in [6.07, 6.45) is 3.09. The molecule has 0 aliphatic carbocycles. The van der Waals surface area contributed by atoms with Crippen molar-refractivity contribution in [3.63, 3.8) is 0 Å². The summed E-state index contributed by atoms with van der Waals surface area (Å²) in [5.74, 6) is 0.572. The second-order valence-electron chi connectivity index (χ2n) is 5.54. The van der Waals surface area contributed by atoms with Crippen molar-refractivity contribution in [3.05, 3.63) is 51.3 Å². The zero-order valence-corrected chi connectivity index (χ0v) is 16.0. The van der Waals surface area contributed by atoms with Gasteiger partial charge in [0.05, 0.1) is 15.9 Å². The maximum absolute atomic E-state index is 4.60. The highest BCUT2D eigenvalue weighted by Crippen LogP contribution is 2.26. The third kappa shape index (κ3) is 3.98. The summed E-state index contributed by atoms with van der Waals surface area (Å²) < 4.78 is 3.21. The van der Waals surface area contributed by atoms with E-state index in [4.69, 9.17) is 0 Å². The molecule has 0 saturated heterocycles. The van der Waals surface area contributed by atoms with Gasteiger partial charge >= 0.3 is 0 Å². The number of nitrogens with zero attached hydrogens (tertiary/aromatic N) is 2. The van der Waals surface area contributed by atoms with Gasteiger partial charge in [0.25, 0.3) is 0 Å². The van der Waals surface area contributed by atoms with Gasteiger partial charge in [-0.2, -0.15) is 5.10 Å². The van der Waals surface area contributed by atoms with Crippen LogP contribution < -0.4 is 0 Å². The lowest BCUT2D eigenvalue weighted by Crippen LogP contribution is -2.13. The Balaban J connectivity index is 2.16. The van der Waals surface area contributed by atoms with Crippen molar-refractivity contribution in [2.45, 2.75) is 33.1 Å². The molecule has 0 aliphatic heterocycles. The van der Waals surface area contributed by atoms with Crippen LogP contribution in [0, 0.1) is 12.8 Å². The zero-order chi connectivity index (χ0) is 15.4. The van der Waals surface area contributed by atoms with Crippen molar-refractivity contribution in [1.29, 1.82) is 0 Å². The van der Waals surface area contributed by atoms with Crippen molar-refractivity contribution < 1.29 is 0 Å². The lowest BCUT2D eigenvalue weighted by molar-refractivity contribution is 0.554. The summed E-state index contributed by atoms with van der Waals surface area (Å²) in [6, 6.07) is 8.66. The molecule has 1 aromatic heterocycles. The van der Waals surface area contributed by atoms with Gasteiger partial charge in [0.15, 0.2) is 0 Å². The molecule has 0 aliphatic rings. The minimum atomic E-state index is 0.572. The van der Waals surface area contributed by atoms with Gasteiger partial charge in [-0.3, -0.25) is 4.68 Å². The van der Waals surface area contributed by atoms with Gasteiger partial charge in [-0.1, -0.05) is 47.1 Å². The number of aryl methyl sites for hydroxylation is 3. The molecule has 0 radical (unpaired) electrons. The number of alkyl halides is 1. The Morgan fingerprint density at radius 3 is 2.52 bits per heavy atom. The molecule has 2 rings (SSSR count). The number of hydrogen-bond donors (Lipinski definition) is 0. The molecular formula is C17H22Br2N2. The fourth-order valence-corrected chi connectivity index (χ4v) is 3.88. The molecule has 1 heterocycles. The second kappa shape index (κ2) is 7.59. The first-order chi connectivity index (χ1) is 10.1. The molecule has 1 aromatic carbocycles. The number of hydrogen-bond acceptors (Lipinski definition) is 1. The lowest BCUT2D eigenvalue weighted by atomic mass is 9.94. The molecule has 114 valence electrons. The molecule has 4 heteroatoms. The number of benzene rings is 1. The Hall–Kier alpha value is -0.610. The zero-order valence-electron chi connectivity index (χ0n) is 12.9. The van der Waals surface area contributed by atoms with E-state index in [2.05, 4.69) is 75.1 Å². The highest BCUT2D eigenvalue weighted by Gasteiger charge is 2.18. The van der Waals surface area contributed by atoms with Crippen LogP contribution in [0.25, 0.3) is 0 Å². The summed E-state index contributed by atoms with van der Waals surface area (Å²) in [6.45, 7) is 4.34. The molecule has 1 atom stereocenters. The van der Waals surface area contributed by atoms with Gasteiger partial charge in [-0.25, -0.2) is 0 Å². The van der Waals surface area contributed by atoms with Crippen LogP contribution in [0.1, 0.15) is 29.4 Å². The second-order valence-corrected chi connectivity index (χ2v) is 6.98. The predicted octanol–water partition coefficient (Wildman–Crippen LogP) is 4.85. The molecule has 0 spiro atoms. The summed E-state index contributed by atoms with van der Waals surface area (Å²) in [5.41, 5.74) is 5.26. The summed E-state index contributed by atoms with van der Waals surface area (Å²) in [4.78, 5) is 0. The normalized spacial score (nSPS) is 12.6. The SMILES string of the molecule is CCc1nn(C)c(CC(CBr)Cc2ccccc2C)c1Br. The highest BCUT2D eigenvalue weighted by molar-refractivity contribution is 9.10. The van der Waals surface area contributed by atoms with Crippen LogP contribution in [0.4, 0.5) is 0 Å². The van der Waals surface area contributed by atoms with Crippen LogP contribution in [-0.4, -0.2) is 15.1 Å². The number of halogens is 2. The Bertz CT molecular complexity index is 605. The van der Waals surface area contributed by atoms with Gasteiger partial charge in [0, 0.05) is 12.4 Å². The standard InChI is InChI=1S/C17H22Br2N2/c1-4-15-17(19)16(21(3)20-15)10-13(11-18)9-14-8-6-5-7-12(14)2/h5-8,13H,4,9-11H2,1-3H3. The topological polar surface area (TPSA) is 17.8 Å². The highest BCUT2D eigenvalue weighted by atomic mass is 79.9. The average Bonchev–Trinajstić information content (AvgIpc) is 2.75. The third-order valence-electron chi connectivity index (χ3n) is 3.97. The quantitative estimate of drug-likeness (QED) is 0.619. The van der Waals surface area contributed by atoms with E-state index < -0.39 is 0 Å². The van der Waals surface area contributed by atoms with E-state index in [0.29, 0.717) is 5.92 Å². The summed E-state index contributed by atoms with van der Waals surface area (Å²) in [7, 11) is 2.04. The van der Waals surface area contributed by atoms with E-state index in [0.717, 1.165) is 30.3 Å². The monoisotopic (exact) mass is 412 g/mol. The minimum Gasteiger partial charge on any atom is -0.271 e. The van der Waals surface area contributed by atoms with Crippen molar-refractivity contribution in [2.24, 2.45) is 13.0 Å². The molecule has 21 heavy (non-hydrogen) atoms. The van der Waals surface area contributed by atoms with E-state index in [1.165, 1.54) is 21.3 Å². The first-order valence-electron chi connectivity index (χ1n) is 7.37. The van der Waals surface area contributed by atoms with E-state index in [9.17, 15) is 0 Å². The molecule has 2 nitrogen and oxygen atoms in total. The predicted molar refractivity (Wildman–Crippen MR) is 96.2 cm³/mol. The van der Waals surface area contributed by atoms with E-state index >= 15 is 0 Å². The molecule has 2 aromatic rings. The van der Waals surface area contributed by atoms with Crippen molar-refractivity contribution in [3.8, 4) is 0 Å². The number of rotatable bonds is 6. The minimum absolute atomic E-state index is 0.572. The molecule has 0 N–H and O–H groups in total. The largest absolute Gasteiger partial charge is 0.271 e. The van der Waals surface area contributed by atoms with Gasteiger partial charge in [-0.05, 0) is 59.2 Å². The van der Waals surface area contributed by atoms with Gasteiger partial charge in [0.1, 0.15) is 0 Å². The van der Waals surface area contributed by atoms with Crippen molar-refractivity contribution in [2.75, 3.05) is 5.33 Å². The van der Waals surface area contributed by atoms with Gasteiger partial charge in [-0.15, -0.1) is 0 Å². The van der Waals surface area contributed by atoms with Crippen LogP contribution in [0.15, 0.2) is 28.7 Å². The molecule has 1 unspecified atom stereocenters. The fraction of sp³-hybridized carbons (Fsp3) is 0.471. The number of aromatic nitrogens is 2. The average molecular weight is 414 g/mol. The van der Waals surface area contributed by atoms with E-state index in [1.807, 2.05) is 11.7 Å². The molecule has 0 fully saturated rings. The Morgan fingerprint density at radius 1 is 1.24 bits per heavy atom. The molecule has 0 amide bonds. The lowest BCUT2D eigenvalue weighted by Gasteiger charge is -2.16. The third-order valence-corrected chi connectivity index (χ3v) is 5.80. The Labute approximate surface area is 144 Å². The van der Waals surface area contributed by atoms with Crippen LogP contribution in [0.3, 0.4) is 0 Å². The maximum Gasteiger partial charge on any atom is 0.0766 e. The fourth-order valence-electron chi connectivity index (χ4n) is 2.65. The molecular weight excluding hydrogens is 392 g/mol. The Morgan fingerprint density at radius 2 is 1.95 bits per heavy atom. The Kier molecular flexibility index (Phi) is 6.06. The first-order valence-corrected chi connectivity index (χ1v) is 9.28. The molecule has 0 saturated carbocycles. The smallest absolute Gasteiger partial charge is 0.0766 e. The van der Waals surface area contributed by atoms with Crippen LogP contribution >= 0.6 is 31.9 Å². The van der Waals surface area contributed by atoms with Gasteiger partial charge in [0.2, 0.25) is 0 Å². The maximum atomic E-state index is 4.60. The summed E-state index contributed by atoms with van der Waals surface area (Å²) >= 11 is 7.40. The van der Waals surface area contributed by atoms with Crippen molar-refractivity contribution in [1.82, 2.24) is 9.78 Å². The van der Waals surface area contributed by atoms with Crippen LogP contribution in [0.2, 0.25) is 0 Å². The van der Waals surface area contributed by atoms with Crippen LogP contribution in [0.5, 0.6) is 0 Å². The van der Waals surface area contributed by atoms with Crippen molar-refractivity contribution >= 4 is 31.9 Å². The van der Waals surface area contributed by atoms with Gasteiger partial charge < -0.3 is 0 Å².